The molecule has 1 heterocycles. The van der Waals surface area contributed by atoms with Gasteiger partial charge < -0.3 is 15.3 Å². The van der Waals surface area contributed by atoms with E-state index in [1.165, 1.54) is 0 Å². The molecule has 104 valence electrons. The number of anilines is 1. The van der Waals surface area contributed by atoms with Gasteiger partial charge in [-0.05, 0) is 39.0 Å². The number of nitrogens with zero attached hydrogens (tertiary/aromatic N) is 1. The molecule has 19 heavy (non-hydrogen) atoms. The normalized spacial score (nSPS) is 17.4. The van der Waals surface area contributed by atoms with Gasteiger partial charge in [-0.15, -0.1) is 0 Å². The van der Waals surface area contributed by atoms with Crippen LogP contribution in [0, 0.1) is 11.6 Å². The van der Waals surface area contributed by atoms with Gasteiger partial charge in [0.1, 0.15) is 11.6 Å². The Hall–Kier alpha value is -1.69. The maximum Gasteiger partial charge on any atom is 0.338 e. The molecule has 1 fully saturated rings. The van der Waals surface area contributed by atoms with Crippen molar-refractivity contribution in [2.24, 2.45) is 0 Å². The summed E-state index contributed by atoms with van der Waals surface area (Å²) >= 11 is 0. The Morgan fingerprint density at radius 1 is 1.32 bits per heavy atom. The average Bonchev–Trinajstić information content (AvgIpc) is 2.34. The summed E-state index contributed by atoms with van der Waals surface area (Å²) in [6.07, 6.45) is 1.69. The third kappa shape index (κ3) is 3.20. The van der Waals surface area contributed by atoms with Crippen molar-refractivity contribution in [2.45, 2.75) is 18.9 Å². The van der Waals surface area contributed by atoms with Gasteiger partial charge in [0.15, 0.2) is 0 Å². The van der Waals surface area contributed by atoms with Crippen molar-refractivity contribution < 1.29 is 18.7 Å². The zero-order valence-electron chi connectivity index (χ0n) is 10.6. The van der Waals surface area contributed by atoms with Gasteiger partial charge in [0.05, 0.1) is 11.3 Å². The van der Waals surface area contributed by atoms with Gasteiger partial charge in [-0.25, -0.2) is 13.6 Å². The molecule has 2 N–H and O–H groups in total. The largest absolute Gasteiger partial charge is 0.478 e. The van der Waals surface area contributed by atoms with Crippen LogP contribution in [0.3, 0.4) is 0 Å². The van der Waals surface area contributed by atoms with Crippen molar-refractivity contribution in [1.29, 1.82) is 0 Å². The highest BCUT2D eigenvalue weighted by atomic mass is 19.1. The zero-order chi connectivity index (χ0) is 14.0. The number of piperidine rings is 1. The summed E-state index contributed by atoms with van der Waals surface area (Å²) in [4.78, 5) is 13.0. The first-order valence-corrected chi connectivity index (χ1v) is 6.15. The Balaban J connectivity index is 2.15. The first kappa shape index (κ1) is 13.7. The second-order valence-corrected chi connectivity index (χ2v) is 4.84. The lowest BCUT2D eigenvalue weighted by atomic mass is 10.0. The summed E-state index contributed by atoms with van der Waals surface area (Å²) in [7, 11) is 2.01. The Bertz CT molecular complexity index is 486. The molecule has 1 aliphatic heterocycles. The monoisotopic (exact) mass is 270 g/mol. The molecule has 0 amide bonds. The molecule has 0 bridgehead atoms. The maximum atomic E-state index is 13.6. The zero-order valence-corrected chi connectivity index (χ0v) is 10.6. The summed E-state index contributed by atoms with van der Waals surface area (Å²) in [5.41, 5.74) is -0.467. The number of likely N-dealkylation sites (tertiary alicyclic amines) is 1. The van der Waals surface area contributed by atoms with E-state index < -0.39 is 23.2 Å². The Morgan fingerprint density at radius 3 is 2.53 bits per heavy atom. The van der Waals surface area contributed by atoms with Crippen LogP contribution in [0.25, 0.3) is 0 Å². The number of halogens is 2. The molecule has 0 unspecified atom stereocenters. The number of rotatable bonds is 3. The van der Waals surface area contributed by atoms with E-state index in [1.807, 2.05) is 7.05 Å². The molecule has 6 heteroatoms. The molecule has 1 aromatic carbocycles. The van der Waals surface area contributed by atoms with Crippen LogP contribution < -0.4 is 5.32 Å². The summed E-state index contributed by atoms with van der Waals surface area (Å²) in [5, 5.41) is 11.8. The van der Waals surface area contributed by atoms with Gasteiger partial charge >= 0.3 is 5.97 Å². The molecular formula is C13H16F2N2O2. The van der Waals surface area contributed by atoms with Gasteiger partial charge in [0.25, 0.3) is 0 Å². The van der Waals surface area contributed by atoms with Gasteiger partial charge in [-0.2, -0.15) is 0 Å². The van der Waals surface area contributed by atoms with E-state index in [2.05, 4.69) is 10.2 Å². The van der Waals surface area contributed by atoms with Crippen LogP contribution in [0.5, 0.6) is 0 Å². The predicted octanol–water partition coefficient (Wildman–Crippen LogP) is 2.17. The van der Waals surface area contributed by atoms with Crippen LogP contribution in [0.1, 0.15) is 23.2 Å². The van der Waals surface area contributed by atoms with Crippen LogP contribution in [-0.2, 0) is 0 Å². The highest BCUT2D eigenvalue weighted by molar-refractivity contribution is 5.89. The molecule has 0 aromatic heterocycles. The Morgan fingerprint density at radius 2 is 1.95 bits per heavy atom. The average molecular weight is 270 g/mol. The van der Waals surface area contributed by atoms with Gasteiger partial charge in [-0.3, -0.25) is 0 Å². The first-order chi connectivity index (χ1) is 8.97. The third-order valence-corrected chi connectivity index (χ3v) is 3.37. The molecule has 1 aromatic rings. The number of carboxylic acid groups (broad SMARTS) is 1. The van der Waals surface area contributed by atoms with Gasteiger partial charge in [0, 0.05) is 12.1 Å². The first-order valence-electron chi connectivity index (χ1n) is 6.15. The van der Waals surface area contributed by atoms with E-state index >= 15 is 0 Å². The van der Waals surface area contributed by atoms with Crippen LogP contribution in [0.4, 0.5) is 14.5 Å². The standard InChI is InChI=1S/C13H16F2N2O2/c1-17-4-2-8(3-5-17)16-12-6-9(13(18)19)10(14)7-11(12)15/h6-8,16H,2-5H2,1H3,(H,18,19). The van der Waals surface area contributed by atoms with Crippen LogP contribution in [-0.4, -0.2) is 42.2 Å². The lowest BCUT2D eigenvalue weighted by molar-refractivity contribution is 0.0692. The van der Waals surface area contributed by atoms with E-state index in [9.17, 15) is 13.6 Å². The van der Waals surface area contributed by atoms with Crippen LogP contribution in [0.2, 0.25) is 0 Å². The van der Waals surface area contributed by atoms with Crippen molar-refractivity contribution >= 4 is 11.7 Å². The number of hydrogen-bond acceptors (Lipinski definition) is 3. The summed E-state index contributed by atoms with van der Waals surface area (Å²) < 4.78 is 26.9. The molecule has 1 saturated heterocycles. The molecular weight excluding hydrogens is 254 g/mol. The van der Waals surface area contributed by atoms with Crippen molar-refractivity contribution in [3.8, 4) is 0 Å². The van der Waals surface area contributed by atoms with Crippen LogP contribution >= 0.6 is 0 Å². The fourth-order valence-electron chi connectivity index (χ4n) is 2.20. The fourth-order valence-corrected chi connectivity index (χ4v) is 2.20. The Kier molecular flexibility index (Phi) is 3.99. The molecule has 0 radical (unpaired) electrons. The number of carboxylic acids is 1. The van der Waals surface area contributed by atoms with E-state index in [-0.39, 0.29) is 11.7 Å². The molecule has 0 atom stereocenters. The molecule has 0 saturated carbocycles. The van der Waals surface area contributed by atoms with E-state index in [1.54, 1.807) is 0 Å². The number of carbonyl (C=O) groups is 1. The van der Waals surface area contributed by atoms with Gasteiger partial charge in [-0.1, -0.05) is 0 Å². The minimum absolute atomic E-state index is 0.0494. The molecule has 2 rings (SSSR count). The van der Waals surface area contributed by atoms with Crippen molar-refractivity contribution in [3.05, 3.63) is 29.3 Å². The fraction of sp³-hybridized carbons (Fsp3) is 0.462. The highest BCUT2D eigenvalue weighted by Gasteiger charge is 2.20. The minimum Gasteiger partial charge on any atom is -0.478 e. The maximum absolute atomic E-state index is 13.6. The second-order valence-electron chi connectivity index (χ2n) is 4.84. The molecule has 4 nitrogen and oxygen atoms in total. The van der Waals surface area contributed by atoms with Gasteiger partial charge in [0.2, 0.25) is 0 Å². The highest BCUT2D eigenvalue weighted by Crippen LogP contribution is 2.22. The number of benzene rings is 1. The SMILES string of the molecule is CN1CCC(Nc2cc(C(=O)O)c(F)cc2F)CC1. The third-order valence-electron chi connectivity index (χ3n) is 3.37. The van der Waals surface area contributed by atoms with Crippen molar-refractivity contribution in [3.63, 3.8) is 0 Å². The Labute approximate surface area is 110 Å². The smallest absolute Gasteiger partial charge is 0.338 e. The van der Waals surface area contributed by atoms with Crippen LogP contribution in [0.15, 0.2) is 12.1 Å². The lowest BCUT2D eigenvalue weighted by Crippen LogP contribution is -2.36. The van der Waals surface area contributed by atoms with E-state index in [0.717, 1.165) is 32.0 Å². The number of nitrogens with one attached hydrogen (secondary N) is 1. The number of hydrogen-bond donors (Lipinski definition) is 2. The lowest BCUT2D eigenvalue weighted by Gasteiger charge is -2.30. The molecule has 1 aliphatic rings. The van der Waals surface area contributed by atoms with Crippen molar-refractivity contribution in [2.75, 3.05) is 25.5 Å². The van der Waals surface area contributed by atoms with E-state index in [4.69, 9.17) is 5.11 Å². The summed E-state index contributed by atoms with van der Waals surface area (Å²) in [6, 6.07) is 1.71. The molecule has 0 spiro atoms. The van der Waals surface area contributed by atoms with E-state index in [0.29, 0.717) is 6.07 Å². The molecule has 0 aliphatic carbocycles. The quantitative estimate of drug-likeness (QED) is 0.884. The minimum atomic E-state index is -1.40. The number of aromatic carboxylic acids is 1. The summed E-state index contributed by atoms with van der Waals surface area (Å²) in [5.74, 6) is -3.22. The predicted molar refractivity (Wildman–Crippen MR) is 67.5 cm³/mol. The van der Waals surface area contributed by atoms with Crippen molar-refractivity contribution in [1.82, 2.24) is 4.90 Å². The summed E-state index contributed by atoms with van der Waals surface area (Å²) in [6.45, 7) is 1.79. The second kappa shape index (κ2) is 5.52. The topological polar surface area (TPSA) is 52.6 Å².